The molecule has 1 heterocycles. The number of hydrogen-bond donors (Lipinski definition) is 1. The lowest BCUT2D eigenvalue weighted by Crippen LogP contribution is -2.23. The van der Waals surface area contributed by atoms with Crippen molar-refractivity contribution in [2.45, 2.75) is 32.7 Å². The van der Waals surface area contributed by atoms with E-state index in [2.05, 4.69) is 41.5 Å². The van der Waals surface area contributed by atoms with Gasteiger partial charge in [-0.05, 0) is 42.4 Å². The lowest BCUT2D eigenvalue weighted by atomic mass is 10.0. The van der Waals surface area contributed by atoms with Crippen LogP contribution < -0.4 is 5.32 Å². The second-order valence-electron chi connectivity index (χ2n) is 5.59. The van der Waals surface area contributed by atoms with Crippen LogP contribution in [0.25, 0.3) is 5.69 Å². The Bertz CT molecular complexity index is 509. The summed E-state index contributed by atoms with van der Waals surface area (Å²) in [7, 11) is 0. The molecule has 2 aromatic rings. The van der Waals surface area contributed by atoms with E-state index in [9.17, 15) is 0 Å². The third kappa shape index (κ3) is 2.87. The molecule has 19 heavy (non-hydrogen) atoms. The Morgan fingerprint density at radius 2 is 2.05 bits per heavy atom. The summed E-state index contributed by atoms with van der Waals surface area (Å²) in [5.74, 6) is 0. The summed E-state index contributed by atoms with van der Waals surface area (Å²) < 4.78 is 2.02. The van der Waals surface area contributed by atoms with E-state index < -0.39 is 0 Å². The van der Waals surface area contributed by atoms with E-state index in [1.54, 1.807) is 6.20 Å². The quantitative estimate of drug-likeness (QED) is 0.859. The largest absolute Gasteiger partial charge is 0.312 e. The molecule has 1 saturated carbocycles. The van der Waals surface area contributed by atoms with Gasteiger partial charge in [-0.1, -0.05) is 19.1 Å². The average molecular weight is 255 g/mol. The van der Waals surface area contributed by atoms with Gasteiger partial charge >= 0.3 is 0 Å². The normalized spacial score (nSPS) is 16.5. The average Bonchev–Trinajstić information content (AvgIpc) is 3.02. The van der Waals surface area contributed by atoms with Gasteiger partial charge in [-0.3, -0.25) is 0 Å². The molecule has 1 fully saturated rings. The van der Waals surface area contributed by atoms with Crippen molar-refractivity contribution in [1.29, 1.82) is 0 Å². The van der Waals surface area contributed by atoms with Crippen molar-refractivity contribution in [3.63, 3.8) is 0 Å². The minimum atomic E-state index is 0.622. The molecular formula is C16H21N3. The second-order valence-corrected chi connectivity index (χ2v) is 5.59. The maximum atomic E-state index is 4.06. The Hall–Kier alpha value is -1.61. The SMILES string of the molecule is CCC1(CNCc2ccc(-n3ccnc3)cc2)CC1. The summed E-state index contributed by atoms with van der Waals surface area (Å²) in [6.45, 7) is 4.42. The molecule has 1 aromatic carbocycles. The molecule has 3 rings (SSSR count). The number of nitrogens with one attached hydrogen (secondary N) is 1. The van der Waals surface area contributed by atoms with Gasteiger partial charge in [0.15, 0.2) is 0 Å². The predicted octanol–water partition coefficient (Wildman–Crippen LogP) is 3.15. The number of rotatable bonds is 6. The smallest absolute Gasteiger partial charge is 0.0991 e. The van der Waals surface area contributed by atoms with Crippen LogP contribution in [0.3, 0.4) is 0 Å². The van der Waals surface area contributed by atoms with E-state index >= 15 is 0 Å². The minimum absolute atomic E-state index is 0.622. The summed E-state index contributed by atoms with van der Waals surface area (Å²) in [6.07, 6.45) is 9.69. The summed E-state index contributed by atoms with van der Waals surface area (Å²) in [6, 6.07) is 8.67. The first kappa shape index (κ1) is 12.4. The zero-order valence-corrected chi connectivity index (χ0v) is 11.5. The molecule has 0 aliphatic heterocycles. The molecule has 0 bridgehead atoms. The number of aromatic nitrogens is 2. The molecule has 1 N–H and O–H groups in total. The van der Waals surface area contributed by atoms with E-state index in [4.69, 9.17) is 0 Å². The van der Waals surface area contributed by atoms with Crippen LogP contribution in [0.15, 0.2) is 43.0 Å². The van der Waals surface area contributed by atoms with Crippen LogP contribution in [-0.2, 0) is 6.54 Å². The van der Waals surface area contributed by atoms with Gasteiger partial charge in [-0.25, -0.2) is 4.98 Å². The molecule has 0 unspecified atom stereocenters. The van der Waals surface area contributed by atoms with E-state index in [0.29, 0.717) is 5.41 Å². The third-order valence-corrected chi connectivity index (χ3v) is 4.28. The minimum Gasteiger partial charge on any atom is -0.312 e. The zero-order chi connectivity index (χ0) is 13.1. The van der Waals surface area contributed by atoms with Crippen molar-refractivity contribution in [1.82, 2.24) is 14.9 Å². The molecule has 3 heteroatoms. The van der Waals surface area contributed by atoms with E-state index in [-0.39, 0.29) is 0 Å². The van der Waals surface area contributed by atoms with Gasteiger partial charge in [-0.15, -0.1) is 0 Å². The molecular weight excluding hydrogens is 234 g/mol. The fourth-order valence-electron chi connectivity index (χ4n) is 2.50. The summed E-state index contributed by atoms with van der Waals surface area (Å²) in [5, 5.41) is 3.59. The Balaban J connectivity index is 1.54. The summed E-state index contributed by atoms with van der Waals surface area (Å²) >= 11 is 0. The Morgan fingerprint density at radius 1 is 1.26 bits per heavy atom. The van der Waals surface area contributed by atoms with Crippen molar-refractivity contribution in [2.24, 2.45) is 5.41 Å². The molecule has 1 aromatic heterocycles. The zero-order valence-electron chi connectivity index (χ0n) is 11.5. The van der Waals surface area contributed by atoms with Gasteiger partial charge in [-0.2, -0.15) is 0 Å². The number of hydrogen-bond acceptors (Lipinski definition) is 2. The highest BCUT2D eigenvalue weighted by Gasteiger charge is 2.39. The lowest BCUT2D eigenvalue weighted by molar-refractivity contribution is 0.443. The van der Waals surface area contributed by atoms with Crippen molar-refractivity contribution < 1.29 is 0 Å². The Labute approximate surface area is 114 Å². The highest BCUT2D eigenvalue weighted by molar-refractivity contribution is 5.34. The van der Waals surface area contributed by atoms with Crippen LogP contribution in [0.5, 0.6) is 0 Å². The van der Waals surface area contributed by atoms with Gasteiger partial charge in [0.2, 0.25) is 0 Å². The number of benzene rings is 1. The number of imidazole rings is 1. The van der Waals surface area contributed by atoms with Crippen LogP contribution in [0.2, 0.25) is 0 Å². The van der Waals surface area contributed by atoms with Crippen LogP contribution in [-0.4, -0.2) is 16.1 Å². The maximum absolute atomic E-state index is 4.06. The monoisotopic (exact) mass is 255 g/mol. The van der Waals surface area contributed by atoms with Gasteiger partial charge < -0.3 is 9.88 Å². The number of nitrogens with zero attached hydrogens (tertiary/aromatic N) is 2. The van der Waals surface area contributed by atoms with Crippen LogP contribution >= 0.6 is 0 Å². The van der Waals surface area contributed by atoms with Gasteiger partial charge in [0.25, 0.3) is 0 Å². The van der Waals surface area contributed by atoms with E-state index in [0.717, 1.165) is 18.8 Å². The van der Waals surface area contributed by atoms with Crippen LogP contribution in [0.4, 0.5) is 0 Å². The maximum Gasteiger partial charge on any atom is 0.0991 e. The molecule has 0 amide bonds. The van der Waals surface area contributed by atoms with Crippen molar-refractivity contribution in [2.75, 3.05) is 6.54 Å². The molecule has 0 atom stereocenters. The van der Waals surface area contributed by atoms with Crippen molar-refractivity contribution >= 4 is 0 Å². The topological polar surface area (TPSA) is 29.9 Å². The Morgan fingerprint density at radius 3 is 2.63 bits per heavy atom. The van der Waals surface area contributed by atoms with E-state index in [1.807, 2.05) is 17.1 Å². The van der Waals surface area contributed by atoms with Gasteiger partial charge in [0.05, 0.1) is 6.33 Å². The Kier molecular flexibility index (Phi) is 3.38. The molecule has 1 aliphatic rings. The van der Waals surface area contributed by atoms with Gasteiger partial charge in [0, 0.05) is 31.2 Å². The standard InChI is InChI=1S/C16H21N3/c1-2-16(7-8-16)12-18-11-14-3-5-15(6-4-14)19-10-9-17-13-19/h3-6,9-10,13,18H,2,7-8,11-12H2,1H3. The van der Waals surface area contributed by atoms with Gasteiger partial charge in [0.1, 0.15) is 0 Å². The first-order chi connectivity index (χ1) is 9.31. The molecule has 0 radical (unpaired) electrons. The second kappa shape index (κ2) is 5.17. The predicted molar refractivity (Wildman–Crippen MR) is 77.2 cm³/mol. The fourth-order valence-corrected chi connectivity index (χ4v) is 2.50. The molecule has 3 nitrogen and oxygen atoms in total. The molecule has 0 spiro atoms. The molecule has 0 saturated heterocycles. The van der Waals surface area contributed by atoms with E-state index in [1.165, 1.54) is 24.8 Å². The third-order valence-electron chi connectivity index (χ3n) is 4.28. The fraction of sp³-hybridized carbons (Fsp3) is 0.438. The van der Waals surface area contributed by atoms with Crippen molar-refractivity contribution in [3.05, 3.63) is 48.5 Å². The molecule has 100 valence electrons. The first-order valence-electron chi connectivity index (χ1n) is 7.09. The highest BCUT2D eigenvalue weighted by atomic mass is 15.0. The van der Waals surface area contributed by atoms with Crippen LogP contribution in [0, 0.1) is 5.41 Å². The first-order valence-corrected chi connectivity index (χ1v) is 7.09. The summed E-state index contributed by atoms with van der Waals surface area (Å²) in [5.41, 5.74) is 3.13. The lowest BCUT2D eigenvalue weighted by Gasteiger charge is -2.13. The van der Waals surface area contributed by atoms with Crippen molar-refractivity contribution in [3.8, 4) is 5.69 Å². The highest BCUT2D eigenvalue weighted by Crippen LogP contribution is 2.47. The van der Waals surface area contributed by atoms with Crippen LogP contribution in [0.1, 0.15) is 31.7 Å². The summed E-state index contributed by atoms with van der Waals surface area (Å²) in [4.78, 5) is 4.06. The molecule has 1 aliphatic carbocycles.